The van der Waals surface area contributed by atoms with Gasteiger partial charge in [0.1, 0.15) is 0 Å². The van der Waals surface area contributed by atoms with Crippen molar-refractivity contribution >= 4 is 34.5 Å². The number of carbonyl (C=O) groups excluding carboxylic acids is 1. The molecule has 0 aliphatic heterocycles. The highest BCUT2D eigenvalue weighted by atomic mass is 35.5. The largest absolute Gasteiger partial charge is 0.397 e. The summed E-state index contributed by atoms with van der Waals surface area (Å²) in [6.45, 7) is 17.4. The fraction of sp³-hybridized carbons (Fsp3) is 0.400. The van der Waals surface area contributed by atoms with E-state index in [4.69, 9.17) is 17.3 Å². The van der Waals surface area contributed by atoms with E-state index in [2.05, 4.69) is 65.6 Å². The first-order valence-corrected chi connectivity index (χ1v) is 10.5. The Kier molecular flexibility index (Phi) is 6.85. The molecule has 0 aliphatic carbocycles. The van der Waals surface area contributed by atoms with Crippen LogP contribution in [0, 0.1) is 0 Å². The van der Waals surface area contributed by atoms with Crippen molar-refractivity contribution in [1.82, 2.24) is 0 Å². The molecule has 0 fully saturated rings. The van der Waals surface area contributed by atoms with Crippen LogP contribution in [-0.4, -0.2) is 5.91 Å². The number of halogens is 1. The van der Waals surface area contributed by atoms with Crippen LogP contribution in [-0.2, 0) is 15.6 Å². The van der Waals surface area contributed by atoms with Crippen LogP contribution in [0.2, 0.25) is 5.02 Å². The minimum atomic E-state index is -0.248. The van der Waals surface area contributed by atoms with Crippen LogP contribution in [0.3, 0.4) is 0 Å². The van der Waals surface area contributed by atoms with Crippen LogP contribution in [0.4, 0.5) is 11.4 Å². The zero-order chi connectivity index (χ0) is 22.0. The lowest BCUT2D eigenvalue weighted by Crippen LogP contribution is -2.23. The van der Waals surface area contributed by atoms with Crippen molar-refractivity contribution in [3.63, 3.8) is 0 Å². The lowest BCUT2D eigenvalue weighted by Gasteiger charge is -2.31. The molecule has 3 N–H and O–H groups in total. The number of hydrogen-bond acceptors (Lipinski definition) is 2. The Bertz CT molecular complexity index is 928. The molecule has 0 unspecified atom stereocenters. The molecule has 0 spiro atoms. The third-order valence-corrected chi connectivity index (χ3v) is 6.50. The molecule has 2 aromatic rings. The molecule has 0 aromatic heterocycles. The first kappa shape index (κ1) is 23.0. The maximum atomic E-state index is 12.9. The van der Waals surface area contributed by atoms with Gasteiger partial charge in [0.15, 0.2) is 0 Å². The van der Waals surface area contributed by atoms with Gasteiger partial charge >= 0.3 is 0 Å². The number of carbonyl (C=O) groups is 1. The van der Waals surface area contributed by atoms with Crippen LogP contribution >= 0.6 is 11.6 Å². The normalized spacial score (nSPS) is 12.0. The highest BCUT2D eigenvalue weighted by Crippen LogP contribution is 2.37. The summed E-state index contributed by atoms with van der Waals surface area (Å²) in [5, 5.41) is 3.34. The van der Waals surface area contributed by atoms with Crippen LogP contribution in [0.1, 0.15) is 71.1 Å². The van der Waals surface area contributed by atoms with Gasteiger partial charge in [0.2, 0.25) is 0 Å². The van der Waals surface area contributed by atoms with Gasteiger partial charge in [0, 0.05) is 11.3 Å². The first-order valence-electron chi connectivity index (χ1n) is 10.1. The van der Waals surface area contributed by atoms with Crippen LogP contribution in [0.25, 0.3) is 5.57 Å². The van der Waals surface area contributed by atoms with E-state index in [9.17, 15) is 4.79 Å². The number of anilines is 2. The lowest BCUT2D eigenvalue weighted by atomic mass is 9.74. The Balaban J connectivity index is 2.44. The van der Waals surface area contributed by atoms with Gasteiger partial charge < -0.3 is 11.1 Å². The molecule has 0 bridgehead atoms. The van der Waals surface area contributed by atoms with Gasteiger partial charge in [-0.05, 0) is 58.6 Å². The second kappa shape index (κ2) is 8.62. The molecular formula is C25H33ClN2O. The molecule has 3 nitrogen and oxygen atoms in total. The lowest BCUT2D eigenvalue weighted by molar-refractivity contribution is -0.111. The number of rotatable bonds is 7. The second-order valence-electron chi connectivity index (χ2n) is 8.90. The van der Waals surface area contributed by atoms with Gasteiger partial charge in [-0.3, -0.25) is 4.79 Å². The predicted octanol–water partition coefficient (Wildman–Crippen LogP) is 6.95. The number of amides is 1. The molecule has 4 heteroatoms. The molecule has 2 aromatic carbocycles. The Hall–Kier alpha value is -2.26. The predicted molar refractivity (Wildman–Crippen MR) is 127 cm³/mol. The van der Waals surface area contributed by atoms with Crippen LogP contribution < -0.4 is 11.1 Å². The summed E-state index contributed by atoms with van der Waals surface area (Å²) in [6.07, 6.45) is 2.00. The van der Waals surface area contributed by atoms with E-state index in [1.165, 1.54) is 5.56 Å². The highest BCUT2D eigenvalue weighted by Gasteiger charge is 2.27. The Morgan fingerprint density at radius 3 is 2.21 bits per heavy atom. The van der Waals surface area contributed by atoms with Crippen molar-refractivity contribution in [2.24, 2.45) is 0 Å². The SMILES string of the molecule is C=C(C(=O)Nc1ccc(Cl)c(N)c1)c1ccc(C(C)(C)CC)cc1C(C)(C)CC. The zero-order valence-corrected chi connectivity index (χ0v) is 19.2. The Morgan fingerprint density at radius 1 is 1.03 bits per heavy atom. The second-order valence-corrected chi connectivity index (χ2v) is 9.31. The summed E-state index contributed by atoms with van der Waals surface area (Å²) in [6, 6.07) is 11.5. The number of nitrogens with one attached hydrogen (secondary N) is 1. The molecule has 1 amide bonds. The van der Waals surface area contributed by atoms with E-state index in [-0.39, 0.29) is 16.7 Å². The number of hydrogen-bond donors (Lipinski definition) is 2. The van der Waals surface area contributed by atoms with Crippen LogP contribution in [0.5, 0.6) is 0 Å². The summed E-state index contributed by atoms with van der Waals surface area (Å²) in [7, 11) is 0. The fourth-order valence-corrected chi connectivity index (χ4v) is 3.25. The van der Waals surface area contributed by atoms with E-state index in [0.29, 0.717) is 22.0 Å². The summed E-state index contributed by atoms with van der Waals surface area (Å²) < 4.78 is 0. The molecule has 0 aliphatic rings. The van der Waals surface area contributed by atoms with Gasteiger partial charge in [0.05, 0.1) is 10.7 Å². The van der Waals surface area contributed by atoms with Crippen molar-refractivity contribution < 1.29 is 4.79 Å². The van der Waals surface area contributed by atoms with Gasteiger partial charge in [-0.2, -0.15) is 0 Å². The zero-order valence-electron chi connectivity index (χ0n) is 18.4. The van der Waals surface area contributed by atoms with Crippen molar-refractivity contribution in [1.29, 1.82) is 0 Å². The third kappa shape index (κ3) is 5.02. The molecule has 0 heterocycles. The van der Waals surface area contributed by atoms with Gasteiger partial charge in [0.25, 0.3) is 5.91 Å². The van der Waals surface area contributed by atoms with Gasteiger partial charge in [-0.25, -0.2) is 0 Å². The topological polar surface area (TPSA) is 55.1 Å². The Labute approximate surface area is 180 Å². The number of nitrogens with two attached hydrogens (primary N) is 1. The highest BCUT2D eigenvalue weighted by molar-refractivity contribution is 6.33. The van der Waals surface area contributed by atoms with Crippen molar-refractivity contribution in [2.45, 2.75) is 65.2 Å². The molecule has 29 heavy (non-hydrogen) atoms. The first-order chi connectivity index (χ1) is 13.4. The van der Waals surface area contributed by atoms with Gasteiger partial charge in [-0.15, -0.1) is 0 Å². The molecule has 0 radical (unpaired) electrons. The van der Waals surface area contributed by atoms with E-state index < -0.39 is 0 Å². The van der Waals surface area contributed by atoms with Crippen molar-refractivity contribution in [3.05, 3.63) is 64.7 Å². The molecule has 0 atom stereocenters. The molecule has 156 valence electrons. The summed E-state index contributed by atoms with van der Waals surface area (Å²) >= 11 is 5.97. The van der Waals surface area contributed by atoms with Crippen molar-refractivity contribution in [2.75, 3.05) is 11.1 Å². The molecule has 2 rings (SSSR count). The molecule has 0 saturated heterocycles. The van der Waals surface area contributed by atoms with E-state index in [1.807, 2.05) is 6.07 Å². The monoisotopic (exact) mass is 412 g/mol. The van der Waals surface area contributed by atoms with E-state index in [1.54, 1.807) is 18.2 Å². The van der Waals surface area contributed by atoms with E-state index >= 15 is 0 Å². The summed E-state index contributed by atoms with van der Waals surface area (Å²) in [4.78, 5) is 12.9. The quantitative estimate of drug-likeness (QED) is 0.381. The minimum absolute atomic E-state index is 0.0710. The van der Waals surface area contributed by atoms with Crippen molar-refractivity contribution in [3.8, 4) is 0 Å². The van der Waals surface area contributed by atoms with E-state index in [0.717, 1.165) is 24.0 Å². The molecule has 0 saturated carbocycles. The minimum Gasteiger partial charge on any atom is -0.397 e. The fourth-order valence-electron chi connectivity index (χ4n) is 3.13. The number of benzene rings is 2. The average Bonchev–Trinajstić information content (AvgIpc) is 2.69. The smallest absolute Gasteiger partial charge is 0.255 e. The van der Waals surface area contributed by atoms with Gasteiger partial charge in [-0.1, -0.05) is 77.9 Å². The maximum Gasteiger partial charge on any atom is 0.255 e. The maximum absolute atomic E-state index is 12.9. The summed E-state index contributed by atoms with van der Waals surface area (Å²) in [5.41, 5.74) is 10.6. The number of nitrogen functional groups attached to an aromatic ring is 1. The third-order valence-electron chi connectivity index (χ3n) is 6.15. The summed E-state index contributed by atoms with van der Waals surface area (Å²) in [5.74, 6) is -0.248. The van der Waals surface area contributed by atoms with Crippen LogP contribution in [0.15, 0.2) is 43.0 Å². The Morgan fingerprint density at radius 2 is 1.66 bits per heavy atom. The average molecular weight is 413 g/mol. The molecular weight excluding hydrogens is 380 g/mol. The standard InChI is InChI=1S/C25H33ClN2O/c1-8-24(4,5)17-10-12-19(20(14-17)25(6,7)9-2)16(3)23(29)28-18-11-13-21(26)22(27)15-18/h10-15H,3,8-9,27H2,1-2,4-7H3,(H,28,29).